The summed E-state index contributed by atoms with van der Waals surface area (Å²) in [5, 5.41) is 0. The lowest BCUT2D eigenvalue weighted by atomic mass is 9.92. The van der Waals surface area contributed by atoms with Crippen LogP contribution in [0.15, 0.2) is 41.5 Å². The summed E-state index contributed by atoms with van der Waals surface area (Å²) in [5.74, 6) is -0.247. The van der Waals surface area contributed by atoms with Crippen molar-refractivity contribution >= 4 is 12.1 Å². The number of carbonyl (C=O) groups is 2. The molecule has 2 aliphatic rings. The summed E-state index contributed by atoms with van der Waals surface area (Å²) >= 11 is 0. The zero-order valence-electron chi connectivity index (χ0n) is 18.6. The molecule has 0 saturated carbocycles. The molecule has 1 saturated heterocycles. The first kappa shape index (κ1) is 22.3. The normalized spacial score (nSPS) is 20.4. The Morgan fingerprint density at radius 3 is 2.53 bits per heavy atom. The van der Waals surface area contributed by atoms with E-state index in [0.717, 1.165) is 37.1 Å². The first-order valence-electron chi connectivity index (χ1n) is 10.9. The van der Waals surface area contributed by atoms with Gasteiger partial charge in [-0.05, 0) is 58.1 Å². The summed E-state index contributed by atoms with van der Waals surface area (Å²) in [6, 6.07) is 10.2. The van der Waals surface area contributed by atoms with Gasteiger partial charge in [-0.3, -0.25) is 4.90 Å². The van der Waals surface area contributed by atoms with E-state index in [1.807, 2.05) is 45.9 Å². The first-order valence-corrected chi connectivity index (χ1v) is 10.9. The topological polar surface area (TPSA) is 59.1 Å². The molecule has 6 nitrogen and oxygen atoms in total. The Balaban J connectivity index is 1.84. The van der Waals surface area contributed by atoms with E-state index in [2.05, 4.69) is 17.0 Å². The third kappa shape index (κ3) is 5.63. The minimum absolute atomic E-state index is 0.113. The molecule has 164 valence electrons. The molecule has 1 fully saturated rings. The number of nitrogens with zero attached hydrogens (tertiary/aromatic N) is 2. The second-order valence-electron chi connectivity index (χ2n) is 9.00. The number of amides is 1. The Morgan fingerprint density at radius 2 is 1.87 bits per heavy atom. The molecule has 0 radical (unpaired) electrons. The standard InChI is InChI=1S/C24H34N2O4/c1-5-29-22(27)19-13-15-25(16-18-10-7-6-8-11-18)17-20(19)21-12-9-14-26(21)23(28)30-24(2,3)4/h6-8,10-11,21H,5,9,12-17H2,1-4H3. The van der Waals surface area contributed by atoms with Gasteiger partial charge in [-0.15, -0.1) is 0 Å². The van der Waals surface area contributed by atoms with Crippen LogP contribution in [-0.4, -0.2) is 59.7 Å². The van der Waals surface area contributed by atoms with Gasteiger partial charge in [0, 0.05) is 31.8 Å². The minimum atomic E-state index is -0.547. The molecule has 1 unspecified atom stereocenters. The molecular weight excluding hydrogens is 380 g/mol. The lowest BCUT2D eigenvalue weighted by Crippen LogP contribution is -2.45. The fourth-order valence-corrected chi connectivity index (χ4v) is 4.25. The Kier molecular flexibility index (Phi) is 7.19. The Hall–Kier alpha value is -2.34. The summed E-state index contributed by atoms with van der Waals surface area (Å²) in [5.41, 5.74) is 2.45. The van der Waals surface area contributed by atoms with Crippen molar-refractivity contribution in [3.63, 3.8) is 0 Å². The molecule has 30 heavy (non-hydrogen) atoms. The van der Waals surface area contributed by atoms with E-state index in [0.29, 0.717) is 26.1 Å². The van der Waals surface area contributed by atoms with E-state index in [1.54, 1.807) is 4.90 Å². The lowest BCUT2D eigenvalue weighted by Gasteiger charge is -2.36. The molecule has 1 amide bonds. The van der Waals surface area contributed by atoms with Crippen LogP contribution in [0.2, 0.25) is 0 Å². The number of ether oxygens (including phenoxy) is 2. The van der Waals surface area contributed by atoms with Crippen LogP contribution in [0.1, 0.15) is 52.5 Å². The van der Waals surface area contributed by atoms with Crippen molar-refractivity contribution in [1.29, 1.82) is 0 Å². The van der Waals surface area contributed by atoms with Crippen LogP contribution in [0.3, 0.4) is 0 Å². The summed E-state index contributed by atoms with van der Waals surface area (Å²) in [6.07, 6.45) is 2.08. The third-order valence-electron chi connectivity index (χ3n) is 5.51. The summed E-state index contributed by atoms with van der Waals surface area (Å²) in [4.78, 5) is 29.7. The number of rotatable bonds is 5. The fourth-order valence-electron chi connectivity index (χ4n) is 4.25. The zero-order valence-corrected chi connectivity index (χ0v) is 18.6. The number of likely N-dealkylation sites (tertiary alicyclic amines) is 1. The van der Waals surface area contributed by atoms with E-state index >= 15 is 0 Å². The van der Waals surface area contributed by atoms with Gasteiger partial charge in [0.25, 0.3) is 0 Å². The van der Waals surface area contributed by atoms with Crippen molar-refractivity contribution in [2.45, 2.75) is 65.1 Å². The van der Waals surface area contributed by atoms with E-state index in [4.69, 9.17) is 9.47 Å². The molecule has 0 bridgehead atoms. The Labute approximate surface area is 179 Å². The smallest absolute Gasteiger partial charge is 0.410 e. The van der Waals surface area contributed by atoms with Crippen molar-refractivity contribution in [3.05, 3.63) is 47.0 Å². The zero-order chi connectivity index (χ0) is 21.7. The number of hydrogen-bond donors (Lipinski definition) is 0. The van der Waals surface area contributed by atoms with Crippen LogP contribution in [-0.2, 0) is 20.8 Å². The number of esters is 1. The highest BCUT2D eigenvalue weighted by Crippen LogP contribution is 2.32. The van der Waals surface area contributed by atoms with E-state index in [-0.39, 0.29) is 18.1 Å². The van der Waals surface area contributed by atoms with Gasteiger partial charge >= 0.3 is 12.1 Å². The van der Waals surface area contributed by atoms with Gasteiger partial charge in [-0.1, -0.05) is 30.3 Å². The molecule has 0 spiro atoms. The maximum Gasteiger partial charge on any atom is 0.410 e. The SMILES string of the molecule is CCOC(=O)C1=C(C2CCCN2C(=O)OC(C)(C)C)CN(Cc2ccccc2)CC1. The summed E-state index contributed by atoms with van der Waals surface area (Å²) < 4.78 is 11.0. The van der Waals surface area contributed by atoms with Crippen LogP contribution in [0.4, 0.5) is 4.79 Å². The predicted molar refractivity (Wildman–Crippen MR) is 116 cm³/mol. The number of benzene rings is 1. The van der Waals surface area contributed by atoms with Gasteiger partial charge in [-0.2, -0.15) is 0 Å². The Morgan fingerprint density at radius 1 is 1.13 bits per heavy atom. The van der Waals surface area contributed by atoms with Gasteiger partial charge < -0.3 is 14.4 Å². The lowest BCUT2D eigenvalue weighted by molar-refractivity contribution is -0.139. The van der Waals surface area contributed by atoms with Gasteiger partial charge in [-0.25, -0.2) is 9.59 Å². The van der Waals surface area contributed by atoms with Gasteiger partial charge in [0.1, 0.15) is 5.60 Å². The van der Waals surface area contributed by atoms with Crippen LogP contribution in [0, 0.1) is 0 Å². The largest absolute Gasteiger partial charge is 0.463 e. The maximum absolute atomic E-state index is 12.8. The average Bonchev–Trinajstić information content (AvgIpc) is 3.17. The molecule has 3 rings (SSSR count). The molecule has 1 aromatic carbocycles. The van der Waals surface area contributed by atoms with Crippen molar-refractivity contribution < 1.29 is 19.1 Å². The van der Waals surface area contributed by atoms with Crippen LogP contribution in [0.25, 0.3) is 0 Å². The third-order valence-corrected chi connectivity index (χ3v) is 5.51. The van der Waals surface area contributed by atoms with E-state index in [9.17, 15) is 9.59 Å². The second kappa shape index (κ2) is 9.65. The van der Waals surface area contributed by atoms with Gasteiger partial charge in [0.15, 0.2) is 0 Å². The van der Waals surface area contributed by atoms with Crippen molar-refractivity contribution in [3.8, 4) is 0 Å². The molecule has 2 heterocycles. The average molecular weight is 415 g/mol. The first-order chi connectivity index (χ1) is 14.3. The number of hydrogen-bond acceptors (Lipinski definition) is 5. The van der Waals surface area contributed by atoms with Crippen LogP contribution >= 0.6 is 0 Å². The van der Waals surface area contributed by atoms with E-state index in [1.165, 1.54) is 5.56 Å². The highest BCUT2D eigenvalue weighted by molar-refractivity contribution is 5.90. The van der Waals surface area contributed by atoms with E-state index < -0.39 is 5.60 Å². The Bertz CT molecular complexity index is 782. The molecular formula is C24H34N2O4. The monoisotopic (exact) mass is 414 g/mol. The second-order valence-corrected chi connectivity index (χ2v) is 9.00. The molecule has 2 aliphatic heterocycles. The summed E-state index contributed by atoms with van der Waals surface area (Å²) in [6.45, 7) is 10.7. The highest BCUT2D eigenvalue weighted by atomic mass is 16.6. The maximum atomic E-state index is 12.8. The minimum Gasteiger partial charge on any atom is -0.463 e. The summed E-state index contributed by atoms with van der Waals surface area (Å²) in [7, 11) is 0. The van der Waals surface area contributed by atoms with Crippen molar-refractivity contribution in [2.75, 3.05) is 26.2 Å². The van der Waals surface area contributed by atoms with Crippen molar-refractivity contribution in [1.82, 2.24) is 9.80 Å². The highest BCUT2D eigenvalue weighted by Gasteiger charge is 2.38. The van der Waals surface area contributed by atoms with Gasteiger partial charge in [0.05, 0.1) is 12.6 Å². The number of carbonyl (C=O) groups excluding carboxylic acids is 2. The fraction of sp³-hybridized carbons (Fsp3) is 0.583. The molecule has 0 aliphatic carbocycles. The van der Waals surface area contributed by atoms with Crippen LogP contribution in [0.5, 0.6) is 0 Å². The molecule has 0 N–H and O–H groups in total. The predicted octanol–water partition coefficient (Wildman–Crippen LogP) is 4.15. The van der Waals surface area contributed by atoms with Crippen molar-refractivity contribution in [2.24, 2.45) is 0 Å². The molecule has 1 atom stereocenters. The van der Waals surface area contributed by atoms with Gasteiger partial charge in [0.2, 0.25) is 0 Å². The molecule has 0 aromatic heterocycles. The molecule has 1 aromatic rings. The molecule has 6 heteroatoms. The quantitative estimate of drug-likeness (QED) is 0.678. The van der Waals surface area contributed by atoms with Crippen LogP contribution < -0.4 is 0 Å².